The fourth-order valence-electron chi connectivity index (χ4n) is 2.41. The van der Waals surface area contributed by atoms with Crippen molar-refractivity contribution in [3.8, 4) is 0 Å². The van der Waals surface area contributed by atoms with Crippen molar-refractivity contribution in [1.29, 1.82) is 0 Å². The van der Waals surface area contributed by atoms with Crippen molar-refractivity contribution >= 4 is 11.9 Å². The highest BCUT2D eigenvalue weighted by molar-refractivity contribution is 5.95. The summed E-state index contributed by atoms with van der Waals surface area (Å²) in [6.45, 7) is 9.10. The van der Waals surface area contributed by atoms with E-state index in [-0.39, 0.29) is 12.5 Å². The minimum atomic E-state index is -0.461. The largest absolute Gasteiger partial charge is 0.334 e. The molecule has 0 spiro atoms. The third-order valence-corrected chi connectivity index (χ3v) is 3.34. The van der Waals surface area contributed by atoms with Gasteiger partial charge < -0.3 is 10.6 Å². The van der Waals surface area contributed by atoms with E-state index in [2.05, 4.69) is 34.4 Å². The quantitative estimate of drug-likeness (QED) is 0.593. The molecule has 6 heteroatoms. The van der Waals surface area contributed by atoms with Crippen LogP contribution >= 0.6 is 0 Å². The lowest BCUT2D eigenvalue weighted by molar-refractivity contribution is -0.121. The number of nitrogens with zero attached hydrogens (tertiary/aromatic N) is 1. The maximum atomic E-state index is 11.9. The fourth-order valence-corrected chi connectivity index (χ4v) is 2.41. The van der Waals surface area contributed by atoms with E-state index in [1.165, 1.54) is 0 Å². The van der Waals surface area contributed by atoms with Gasteiger partial charge in [0.25, 0.3) is 0 Å². The lowest BCUT2D eigenvalue weighted by atomic mass is 10.0. The van der Waals surface area contributed by atoms with Gasteiger partial charge in [-0.3, -0.25) is 15.0 Å². The molecular formula is C14H26N4O2. The van der Waals surface area contributed by atoms with Crippen LogP contribution in [0.1, 0.15) is 26.2 Å². The summed E-state index contributed by atoms with van der Waals surface area (Å²) in [5.74, 6) is -0.251. The van der Waals surface area contributed by atoms with Crippen molar-refractivity contribution in [2.75, 3.05) is 32.7 Å². The molecule has 1 fully saturated rings. The Morgan fingerprint density at radius 3 is 2.70 bits per heavy atom. The van der Waals surface area contributed by atoms with Gasteiger partial charge in [-0.15, -0.1) is 6.58 Å². The highest BCUT2D eigenvalue weighted by atomic mass is 16.2. The zero-order valence-corrected chi connectivity index (χ0v) is 12.3. The van der Waals surface area contributed by atoms with E-state index in [0.29, 0.717) is 12.6 Å². The molecular weight excluding hydrogens is 256 g/mol. The molecule has 3 amide bonds. The van der Waals surface area contributed by atoms with Crippen LogP contribution in [0.2, 0.25) is 0 Å². The van der Waals surface area contributed by atoms with E-state index in [1.807, 2.05) is 0 Å². The van der Waals surface area contributed by atoms with Crippen molar-refractivity contribution in [2.45, 2.75) is 32.2 Å². The minimum Gasteiger partial charge on any atom is -0.334 e. The molecule has 1 aliphatic heterocycles. The van der Waals surface area contributed by atoms with E-state index in [0.717, 1.165) is 38.9 Å². The van der Waals surface area contributed by atoms with Crippen LogP contribution in [0.4, 0.5) is 4.79 Å². The summed E-state index contributed by atoms with van der Waals surface area (Å²) < 4.78 is 0. The fraction of sp³-hybridized carbons (Fsp3) is 0.714. The van der Waals surface area contributed by atoms with Crippen LogP contribution in [0.3, 0.4) is 0 Å². The van der Waals surface area contributed by atoms with Gasteiger partial charge in [0, 0.05) is 12.6 Å². The standard InChI is InChI=1S/C14H26N4O2/c1-3-7-16-14(20)17-13(19)11-18(10-4-2)12-5-8-15-9-6-12/h3,12,15H,1,4-11H2,2H3,(H2,16,17,19,20). The van der Waals surface area contributed by atoms with Gasteiger partial charge in [-0.25, -0.2) is 4.79 Å². The molecule has 0 aromatic carbocycles. The zero-order chi connectivity index (χ0) is 14.8. The third-order valence-electron chi connectivity index (χ3n) is 3.34. The Labute approximate surface area is 121 Å². The number of urea groups is 1. The number of carbonyl (C=O) groups is 2. The van der Waals surface area contributed by atoms with E-state index < -0.39 is 6.03 Å². The van der Waals surface area contributed by atoms with Gasteiger partial charge in [-0.05, 0) is 38.9 Å². The number of hydrogen-bond acceptors (Lipinski definition) is 4. The maximum Gasteiger partial charge on any atom is 0.321 e. The highest BCUT2D eigenvalue weighted by Gasteiger charge is 2.22. The Morgan fingerprint density at radius 2 is 2.10 bits per heavy atom. The first kappa shape index (κ1) is 16.7. The third kappa shape index (κ3) is 6.16. The van der Waals surface area contributed by atoms with Crippen LogP contribution in [-0.4, -0.2) is 55.6 Å². The molecule has 0 saturated carbocycles. The zero-order valence-electron chi connectivity index (χ0n) is 12.3. The van der Waals surface area contributed by atoms with Crippen LogP contribution in [0, 0.1) is 0 Å². The van der Waals surface area contributed by atoms with Crippen molar-refractivity contribution in [2.24, 2.45) is 0 Å². The summed E-state index contributed by atoms with van der Waals surface area (Å²) in [5.41, 5.74) is 0. The summed E-state index contributed by atoms with van der Waals surface area (Å²) in [6, 6.07) is -0.0326. The average molecular weight is 282 g/mol. The van der Waals surface area contributed by atoms with Crippen molar-refractivity contribution < 1.29 is 9.59 Å². The topological polar surface area (TPSA) is 73.5 Å². The number of nitrogens with one attached hydrogen (secondary N) is 3. The molecule has 114 valence electrons. The summed E-state index contributed by atoms with van der Waals surface area (Å²) in [5, 5.41) is 8.20. The highest BCUT2D eigenvalue weighted by Crippen LogP contribution is 2.11. The predicted molar refractivity (Wildman–Crippen MR) is 79.5 cm³/mol. The van der Waals surface area contributed by atoms with Crippen LogP contribution in [0.25, 0.3) is 0 Å². The lowest BCUT2D eigenvalue weighted by Gasteiger charge is -2.33. The van der Waals surface area contributed by atoms with Crippen molar-refractivity contribution in [3.63, 3.8) is 0 Å². The van der Waals surface area contributed by atoms with Gasteiger partial charge in [0.05, 0.1) is 6.54 Å². The first-order chi connectivity index (χ1) is 9.67. The second-order valence-corrected chi connectivity index (χ2v) is 5.00. The maximum absolute atomic E-state index is 11.9. The van der Waals surface area contributed by atoms with Crippen LogP contribution in [0.5, 0.6) is 0 Å². The van der Waals surface area contributed by atoms with Gasteiger partial charge in [0.15, 0.2) is 0 Å². The molecule has 0 bridgehead atoms. The van der Waals surface area contributed by atoms with Gasteiger partial charge in [0.2, 0.25) is 5.91 Å². The van der Waals surface area contributed by atoms with Crippen LogP contribution in [-0.2, 0) is 4.79 Å². The van der Waals surface area contributed by atoms with Crippen LogP contribution in [0.15, 0.2) is 12.7 Å². The number of amides is 3. The molecule has 1 aliphatic rings. The Balaban J connectivity index is 2.41. The molecule has 1 rings (SSSR count). The number of hydrogen-bond donors (Lipinski definition) is 3. The molecule has 0 aliphatic carbocycles. The van der Waals surface area contributed by atoms with Crippen molar-refractivity contribution in [3.05, 3.63) is 12.7 Å². The second-order valence-electron chi connectivity index (χ2n) is 5.00. The number of rotatable bonds is 7. The van der Waals surface area contributed by atoms with E-state index in [4.69, 9.17) is 0 Å². The first-order valence-corrected chi connectivity index (χ1v) is 7.30. The van der Waals surface area contributed by atoms with E-state index >= 15 is 0 Å². The number of carbonyl (C=O) groups excluding carboxylic acids is 2. The average Bonchev–Trinajstić information content (AvgIpc) is 2.45. The number of imide groups is 1. The van der Waals surface area contributed by atoms with E-state index in [1.54, 1.807) is 6.08 Å². The van der Waals surface area contributed by atoms with Gasteiger partial charge in [0.1, 0.15) is 0 Å². The molecule has 3 N–H and O–H groups in total. The first-order valence-electron chi connectivity index (χ1n) is 7.30. The number of piperidine rings is 1. The summed E-state index contributed by atoms with van der Waals surface area (Å²) in [6.07, 6.45) is 4.67. The lowest BCUT2D eigenvalue weighted by Crippen LogP contribution is -2.49. The van der Waals surface area contributed by atoms with Crippen molar-refractivity contribution in [1.82, 2.24) is 20.9 Å². The molecule has 0 aromatic heterocycles. The van der Waals surface area contributed by atoms with Gasteiger partial charge >= 0.3 is 6.03 Å². The SMILES string of the molecule is C=CCNC(=O)NC(=O)CN(CCC)C1CCNCC1. The van der Waals surface area contributed by atoms with E-state index in [9.17, 15) is 9.59 Å². The minimum absolute atomic E-state index is 0.251. The Hall–Kier alpha value is -1.40. The molecule has 6 nitrogen and oxygen atoms in total. The normalized spacial score (nSPS) is 15.9. The second kappa shape index (κ2) is 9.50. The predicted octanol–water partition coefficient (Wildman–Crippen LogP) is 0.462. The van der Waals surface area contributed by atoms with Crippen LogP contribution < -0.4 is 16.0 Å². The molecule has 1 saturated heterocycles. The molecule has 1 heterocycles. The Bertz CT molecular complexity index is 327. The van der Waals surface area contributed by atoms with Gasteiger partial charge in [-0.2, -0.15) is 0 Å². The summed E-state index contributed by atoms with van der Waals surface area (Å²) in [7, 11) is 0. The summed E-state index contributed by atoms with van der Waals surface area (Å²) >= 11 is 0. The molecule has 20 heavy (non-hydrogen) atoms. The Kier molecular flexibility index (Phi) is 7.91. The monoisotopic (exact) mass is 282 g/mol. The smallest absolute Gasteiger partial charge is 0.321 e. The molecule has 0 aromatic rings. The molecule has 0 atom stereocenters. The molecule has 0 radical (unpaired) electrons. The van der Waals surface area contributed by atoms with Gasteiger partial charge in [-0.1, -0.05) is 13.0 Å². The summed E-state index contributed by atoms with van der Waals surface area (Å²) in [4.78, 5) is 25.5. The Morgan fingerprint density at radius 1 is 1.40 bits per heavy atom. The molecule has 0 unspecified atom stereocenters.